The molecule has 0 aliphatic carbocycles. The zero-order valence-electron chi connectivity index (χ0n) is 7.03. The molecule has 13 heavy (non-hydrogen) atoms. The predicted molar refractivity (Wildman–Crippen MR) is 49.2 cm³/mol. The molecule has 2 atom stereocenters. The maximum atomic E-state index is 11.5. The number of fused-ring (bicyclic) bond motifs is 5. The van der Waals surface area contributed by atoms with Crippen LogP contribution in [0.3, 0.4) is 0 Å². The Kier molecular flexibility index (Phi) is 1.24. The fourth-order valence-corrected chi connectivity index (χ4v) is 2.10. The lowest BCUT2D eigenvalue weighted by atomic mass is 10.0. The number of carbonyl (C=O) groups excluding carboxylic acids is 1. The second-order valence-electron chi connectivity index (χ2n) is 3.47. The third kappa shape index (κ3) is 0.835. The first-order chi connectivity index (χ1) is 6.36. The van der Waals surface area contributed by atoms with Crippen molar-refractivity contribution in [2.75, 3.05) is 0 Å². The van der Waals surface area contributed by atoms with E-state index in [9.17, 15) is 4.79 Å². The lowest BCUT2D eigenvalue weighted by Gasteiger charge is -2.13. The predicted octanol–water partition coefficient (Wildman–Crippen LogP) is 1.51. The van der Waals surface area contributed by atoms with Gasteiger partial charge >= 0.3 is 0 Å². The first-order valence-electron chi connectivity index (χ1n) is 4.43. The van der Waals surface area contributed by atoms with E-state index < -0.39 is 0 Å². The number of benzene rings is 1. The SMILES string of the molecule is O=C1C=CC2NC1c1ccccc12. The van der Waals surface area contributed by atoms with Gasteiger partial charge in [0.2, 0.25) is 0 Å². The maximum absolute atomic E-state index is 11.5. The van der Waals surface area contributed by atoms with Crippen LogP contribution in [-0.2, 0) is 4.79 Å². The van der Waals surface area contributed by atoms with Crippen LogP contribution in [0.4, 0.5) is 0 Å². The van der Waals surface area contributed by atoms with E-state index in [2.05, 4.69) is 11.4 Å². The number of hydrogen-bond acceptors (Lipinski definition) is 2. The van der Waals surface area contributed by atoms with Gasteiger partial charge in [0.05, 0.1) is 12.1 Å². The Hall–Kier alpha value is -1.41. The van der Waals surface area contributed by atoms with Crippen LogP contribution in [-0.4, -0.2) is 5.78 Å². The van der Waals surface area contributed by atoms with Gasteiger partial charge in [-0.2, -0.15) is 0 Å². The van der Waals surface area contributed by atoms with Gasteiger partial charge in [-0.15, -0.1) is 0 Å². The molecule has 1 N–H and O–H groups in total. The van der Waals surface area contributed by atoms with Gasteiger partial charge in [0.15, 0.2) is 5.78 Å². The van der Waals surface area contributed by atoms with Crippen LogP contribution in [0.25, 0.3) is 0 Å². The van der Waals surface area contributed by atoms with E-state index in [1.54, 1.807) is 6.08 Å². The number of rotatable bonds is 0. The van der Waals surface area contributed by atoms with E-state index in [0.717, 1.165) is 5.56 Å². The Morgan fingerprint density at radius 3 is 2.77 bits per heavy atom. The van der Waals surface area contributed by atoms with Crippen molar-refractivity contribution in [3.63, 3.8) is 0 Å². The number of carbonyl (C=O) groups is 1. The first-order valence-corrected chi connectivity index (χ1v) is 4.43. The molecule has 0 amide bonds. The van der Waals surface area contributed by atoms with Crippen molar-refractivity contribution in [2.24, 2.45) is 0 Å². The largest absolute Gasteiger partial charge is 0.293 e. The number of hydrogen-bond donors (Lipinski definition) is 1. The highest BCUT2D eigenvalue weighted by Crippen LogP contribution is 2.36. The Morgan fingerprint density at radius 2 is 1.92 bits per heavy atom. The molecule has 0 aromatic heterocycles. The molecule has 0 saturated heterocycles. The van der Waals surface area contributed by atoms with E-state index in [1.807, 2.05) is 24.3 Å². The summed E-state index contributed by atoms with van der Waals surface area (Å²) in [7, 11) is 0. The molecule has 0 spiro atoms. The van der Waals surface area contributed by atoms with Gasteiger partial charge in [-0.3, -0.25) is 10.1 Å². The number of nitrogens with one attached hydrogen (secondary N) is 1. The van der Waals surface area contributed by atoms with Crippen molar-refractivity contribution < 1.29 is 4.79 Å². The van der Waals surface area contributed by atoms with Gasteiger partial charge in [-0.05, 0) is 17.2 Å². The van der Waals surface area contributed by atoms with Crippen LogP contribution >= 0.6 is 0 Å². The summed E-state index contributed by atoms with van der Waals surface area (Å²) < 4.78 is 0. The molecule has 2 heterocycles. The zero-order valence-corrected chi connectivity index (χ0v) is 7.03. The molecule has 2 aliphatic rings. The standard InChI is InChI=1S/C11H9NO/c13-10-6-5-9-7-3-1-2-4-8(7)11(10)12-9/h1-6,9,11-12H. The van der Waals surface area contributed by atoms with Crippen LogP contribution in [0, 0.1) is 0 Å². The second-order valence-corrected chi connectivity index (χ2v) is 3.47. The van der Waals surface area contributed by atoms with Crippen LogP contribution < -0.4 is 5.32 Å². The minimum Gasteiger partial charge on any atom is -0.293 e. The van der Waals surface area contributed by atoms with E-state index in [0.29, 0.717) is 0 Å². The average molecular weight is 171 g/mol. The summed E-state index contributed by atoms with van der Waals surface area (Å²) >= 11 is 0. The Labute approximate surface area is 76.3 Å². The van der Waals surface area contributed by atoms with Gasteiger partial charge in [0, 0.05) is 0 Å². The third-order valence-electron chi connectivity index (χ3n) is 2.73. The molecule has 0 saturated carbocycles. The summed E-state index contributed by atoms with van der Waals surface area (Å²) in [5, 5.41) is 3.27. The Balaban J connectivity index is 2.25. The lowest BCUT2D eigenvalue weighted by molar-refractivity contribution is -0.116. The average Bonchev–Trinajstić information content (AvgIpc) is 2.48. The van der Waals surface area contributed by atoms with E-state index >= 15 is 0 Å². The molecule has 2 bridgehead atoms. The highest BCUT2D eigenvalue weighted by Gasteiger charge is 2.34. The molecule has 3 rings (SSSR count). The molecule has 0 radical (unpaired) electrons. The first kappa shape index (κ1) is 7.04. The summed E-state index contributed by atoms with van der Waals surface area (Å²) in [6, 6.07) is 8.26. The monoisotopic (exact) mass is 171 g/mol. The van der Waals surface area contributed by atoms with Crippen LogP contribution in [0.2, 0.25) is 0 Å². The van der Waals surface area contributed by atoms with Gasteiger partial charge in [-0.25, -0.2) is 0 Å². The Bertz CT molecular complexity index is 408. The molecule has 2 heteroatoms. The van der Waals surface area contributed by atoms with E-state index in [-0.39, 0.29) is 17.9 Å². The molecule has 1 aromatic carbocycles. The highest BCUT2D eigenvalue weighted by molar-refractivity contribution is 5.97. The molecule has 2 aliphatic heterocycles. The van der Waals surface area contributed by atoms with E-state index in [4.69, 9.17) is 0 Å². The molecular weight excluding hydrogens is 162 g/mol. The quantitative estimate of drug-likeness (QED) is 0.641. The summed E-state index contributed by atoms with van der Waals surface area (Å²) in [4.78, 5) is 11.5. The minimum atomic E-state index is -0.0915. The molecule has 0 fully saturated rings. The summed E-state index contributed by atoms with van der Waals surface area (Å²) in [5.41, 5.74) is 2.39. The summed E-state index contributed by atoms with van der Waals surface area (Å²) in [6.07, 6.45) is 3.62. The fourth-order valence-electron chi connectivity index (χ4n) is 2.10. The van der Waals surface area contributed by atoms with Crippen LogP contribution in [0.5, 0.6) is 0 Å². The van der Waals surface area contributed by atoms with Gasteiger partial charge in [0.1, 0.15) is 0 Å². The van der Waals surface area contributed by atoms with Crippen molar-refractivity contribution >= 4 is 5.78 Å². The molecule has 64 valence electrons. The van der Waals surface area contributed by atoms with Crippen molar-refractivity contribution in [1.82, 2.24) is 5.32 Å². The normalized spacial score (nSPS) is 29.1. The van der Waals surface area contributed by atoms with Crippen LogP contribution in [0.1, 0.15) is 23.2 Å². The Morgan fingerprint density at radius 1 is 1.15 bits per heavy atom. The third-order valence-corrected chi connectivity index (χ3v) is 2.73. The van der Waals surface area contributed by atoms with Crippen molar-refractivity contribution in [2.45, 2.75) is 12.1 Å². The number of ketones is 1. The smallest absolute Gasteiger partial charge is 0.176 e. The van der Waals surface area contributed by atoms with Crippen LogP contribution in [0.15, 0.2) is 36.4 Å². The maximum Gasteiger partial charge on any atom is 0.176 e. The topological polar surface area (TPSA) is 29.1 Å². The summed E-state index contributed by atoms with van der Waals surface area (Å²) in [5.74, 6) is 0.168. The lowest BCUT2D eigenvalue weighted by Crippen LogP contribution is -2.26. The van der Waals surface area contributed by atoms with Crippen molar-refractivity contribution in [3.8, 4) is 0 Å². The van der Waals surface area contributed by atoms with Crippen molar-refractivity contribution in [3.05, 3.63) is 47.5 Å². The fraction of sp³-hybridized carbons (Fsp3) is 0.182. The minimum absolute atomic E-state index is 0.0915. The van der Waals surface area contributed by atoms with E-state index in [1.165, 1.54) is 5.56 Å². The van der Waals surface area contributed by atoms with Gasteiger partial charge < -0.3 is 0 Å². The van der Waals surface area contributed by atoms with Gasteiger partial charge in [-0.1, -0.05) is 30.3 Å². The molecule has 1 aromatic rings. The second kappa shape index (κ2) is 2.30. The zero-order chi connectivity index (χ0) is 8.84. The molecule has 2 unspecified atom stereocenters. The summed E-state index contributed by atoms with van der Waals surface area (Å²) in [6.45, 7) is 0. The highest BCUT2D eigenvalue weighted by atomic mass is 16.1. The molecular formula is C11H9NO. The van der Waals surface area contributed by atoms with Crippen molar-refractivity contribution in [1.29, 1.82) is 0 Å². The van der Waals surface area contributed by atoms with Gasteiger partial charge in [0.25, 0.3) is 0 Å². The molecule has 2 nitrogen and oxygen atoms in total.